The Morgan fingerprint density at radius 1 is 1.10 bits per heavy atom. The lowest BCUT2D eigenvalue weighted by Crippen LogP contribution is -2.58. The smallest absolute Gasteiger partial charge is 0.327 e. The summed E-state index contributed by atoms with van der Waals surface area (Å²) in [7, 11) is 0. The zero-order chi connectivity index (χ0) is 22.8. The van der Waals surface area contributed by atoms with Gasteiger partial charge in [0.1, 0.15) is 18.1 Å². The highest BCUT2D eigenvalue weighted by molar-refractivity contribution is 7.80. The predicted molar refractivity (Wildman–Crippen MR) is 112 cm³/mol. The number of nitrogens with one attached hydrogen (secondary N) is 4. The van der Waals surface area contributed by atoms with E-state index < -0.39 is 41.8 Å². The van der Waals surface area contributed by atoms with E-state index in [0.29, 0.717) is 6.42 Å². The van der Waals surface area contributed by atoms with Crippen molar-refractivity contribution in [2.45, 2.75) is 63.7 Å². The number of carbonyl (C=O) groups is 5. The number of carboxylic acids is 1. The molecule has 0 aromatic rings. The molecule has 0 aromatic carbocycles. The van der Waals surface area contributed by atoms with Crippen LogP contribution in [-0.2, 0) is 24.0 Å². The molecule has 0 spiro atoms. The Kier molecular flexibility index (Phi) is 10.6. The summed E-state index contributed by atoms with van der Waals surface area (Å²) in [6.45, 7) is 4.21. The Balaban J connectivity index is 2.87. The number of hydrogen-bond acceptors (Lipinski definition) is 7. The van der Waals surface area contributed by atoms with E-state index in [1.807, 2.05) is 0 Å². The monoisotopic (exact) mass is 445 g/mol. The van der Waals surface area contributed by atoms with E-state index in [0.717, 1.165) is 13.0 Å². The minimum absolute atomic E-state index is 0.116. The lowest BCUT2D eigenvalue weighted by atomic mass is 10.0. The first-order chi connectivity index (χ1) is 14.1. The van der Waals surface area contributed by atoms with Gasteiger partial charge in [-0.2, -0.15) is 12.6 Å². The van der Waals surface area contributed by atoms with Crippen LogP contribution in [0.4, 0.5) is 0 Å². The van der Waals surface area contributed by atoms with E-state index in [4.69, 9.17) is 10.8 Å². The number of rotatable bonds is 12. The number of amides is 4. The molecule has 1 heterocycles. The summed E-state index contributed by atoms with van der Waals surface area (Å²) >= 11 is 3.88. The number of primary amides is 1. The van der Waals surface area contributed by atoms with E-state index in [9.17, 15) is 24.0 Å². The highest BCUT2D eigenvalue weighted by Crippen LogP contribution is 2.09. The van der Waals surface area contributed by atoms with Crippen LogP contribution in [0.3, 0.4) is 0 Å². The second kappa shape index (κ2) is 12.4. The molecule has 11 nitrogen and oxygen atoms in total. The standard InChI is InChI=1S/C18H31N5O6S/c1-9(2)14(23-15(25)10-4-3-7-20-10)17(27)21-11(5-6-13(19)24)16(26)22-12(8-30)18(28)29/h9-12,14,20,30H,3-8H2,1-2H3,(H2,19,24)(H,21,27)(H,22,26)(H,23,25)(H,28,29). The van der Waals surface area contributed by atoms with Crippen LogP contribution in [0.1, 0.15) is 39.5 Å². The fourth-order valence-electron chi connectivity index (χ4n) is 2.97. The number of carbonyl (C=O) groups excluding carboxylic acids is 4. The van der Waals surface area contributed by atoms with E-state index in [2.05, 4.69) is 33.9 Å². The number of carboxylic acid groups (broad SMARTS) is 1. The van der Waals surface area contributed by atoms with Gasteiger partial charge in [-0.1, -0.05) is 13.8 Å². The van der Waals surface area contributed by atoms with Crippen molar-refractivity contribution in [1.29, 1.82) is 0 Å². The summed E-state index contributed by atoms with van der Waals surface area (Å²) < 4.78 is 0. The van der Waals surface area contributed by atoms with E-state index in [-0.39, 0.29) is 36.5 Å². The molecule has 0 radical (unpaired) electrons. The first kappa shape index (κ1) is 25.7. The zero-order valence-corrected chi connectivity index (χ0v) is 18.0. The zero-order valence-electron chi connectivity index (χ0n) is 17.1. The van der Waals surface area contributed by atoms with Crippen molar-refractivity contribution in [2.75, 3.05) is 12.3 Å². The maximum Gasteiger partial charge on any atom is 0.327 e. The van der Waals surface area contributed by atoms with Crippen LogP contribution in [0, 0.1) is 5.92 Å². The first-order valence-corrected chi connectivity index (χ1v) is 10.5. The van der Waals surface area contributed by atoms with Crippen molar-refractivity contribution in [3.63, 3.8) is 0 Å². The Labute approximate surface area is 180 Å². The molecule has 0 bridgehead atoms. The molecule has 1 saturated heterocycles. The van der Waals surface area contributed by atoms with Crippen LogP contribution in [0.25, 0.3) is 0 Å². The Morgan fingerprint density at radius 3 is 2.20 bits per heavy atom. The van der Waals surface area contributed by atoms with Crippen LogP contribution in [0.15, 0.2) is 0 Å². The van der Waals surface area contributed by atoms with Crippen molar-refractivity contribution in [3.8, 4) is 0 Å². The molecule has 1 rings (SSSR count). The number of thiol groups is 1. The van der Waals surface area contributed by atoms with Crippen molar-refractivity contribution < 1.29 is 29.1 Å². The number of hydrogen-bond donors (Lipinski definition) is 7. The van der Waals surface area contributed by atoms with Crippen molar-refractivity contribution in [1.82, 2.24) is 21.3 Å². The normalized spacial score (nSPS) is 18.9. The van der Waals surface area contributed by atoms with Gasteiger partial charge < -0.3 is 32.1 Å². The van der Waals surface area contributed by atoms with E-state index in [1.54, 1.807) is 13.8 Å². The van der Waals surface area contributed by atoms with Crippen molar-refractivity contribution in [3.05, 3.63) is 0 Å². The molecular weight excluding hydrogens is 414 g/mol. The summed E-state index contributed by atoms with van der Waals surface area (Å²) in [6, 6.07) is -3.75. The highest BCUT2D eigenvalue weighted by Gasteiger charge is 2.32. The second-order valence-corrected chi connectivity index (χ2v) is 7.89. The van der Waals surface area contributed by atoms with Gasteiger partial charge in [-0.3, -0.25) is 19.2 Å². The largest absolute Gasteiger partial charge is 0.480 e. The average Bonchev–Trinajstić information content (AvgIpc) is 3.20. The van der Waals surface area contributed by atoms with Gasteiger partial charge in [0.05, 0.1) is 6.04 Å². The maximum atomic E-state index is 12.8. The third kappa shape index (κ3) is 8.19. The molecule has 1 aliphatic rings. The van der Waals surface area contributed by atoms with Gasteiger partial charge in [0.25, 0.3) is 0 Å². The van der Waals surface area contributed by atoms with Crippen molar-refractivity contribution in [2.24, 2.45) is 11.7 Å². The molecule has 7 N–H and O–H groups in total. The molecule has 170 valence electrons. The maximum absolute atomic E-state index is 12.8. The van der Waals surface area contributed by atoms with Crippen LogP contribution in [0.2, 0.25) is 0 Å². The van der Waals surface area contributed by atoms with E-state index in [1.165, 1.54) is 0 Å². The van der Waals surface area contributed by atoms with Gasteiger partial charge >= 0.3 is 5.97 Å². The lowest BCUT2D eigenvalue weighted by molar-refractivity contribution is -0.141. The number of nitrogens with two attached hydrogens (primary N) is 1. The summed E-state index contributed by atoms with van der Waals surface area (Å²) in [6.07, 6.45) is 1.22. The molecular formula is C18H31N5O6S. The minimum atomic E-state index is -1.28. The predicted octanol–water partition coefficient (Wildman–Crippen LogP) is -1.87. The Morgan fingerprint density at radius 2 is 1.73 bits per heavy atom. The number of aliphatic carboxylic acids is 1. The first-order valence-electron chi connectivity index (χ1n) is 9.83. The molecule has 0 saturated carbocycles. The summed E-state index contributed by atoms with van der Waals surface area (Å²) in [4.78, 5) is 60.0. The molecule has 1 aliphatic heterocycles. The lowest BCUT2D eigenvalue weighted by Gasteiger charge is -2.26. The van der Waals surface area contributed by atoms with Gasteiger partial charge in [-0.05, 0) is 31.7 Å². The van der Waals surface area contributed by atoms with Crippen molar-refractivity contribution >= 4 is 42.2 Å². The Bertz CT molecular complexity index is 653. The van der Waals surface area contributed by atoms with Gasteiger partial charge in [-0.25, -0.2) is 4.79 Å². The molecule has 12 heteroatoms. The van der Waals surface area contributed by atoms with Crippen LogP contribution in [0.5, 0.6) is 0 Å². The second-order valence-electron chi connectivity index (χ2n) is 7.53. The van der Waals surface area contributed by atoms with Gasteiger partial charge in [0.2, 0.25) is 23.6 Å². The molecule has 4 unspecified atom stereocenters. The molecule has 4 amide bonds. The molecule has 1 fully saturated rings. The topological polar surface area (TPSA) is 180 Å². The summed E-state index contributed by atoms with van der Waals surface area (Å²) in [5.41, 5.74) is 5.14. The van der Waals surface area contributed by atoms with Gasteiger partial charge in [0, 0.05) is 12.2 Å². The van der Waals surface area contributed by atoms with E-state index >= 15 is 0 Å². The third-order valence-corrected chi connectivity index (χ3v) is 5.10. The molecule has 30 heavy (non-hydrogen) atoms. The molecule has 0 aliphatic carbocycles. The van der Waals surface area contributed by atoms with Gasteiger partial charge in [0.15, 0.2) is 0 Å². The SMILES string of the molecule is CC(C)C(NC(=O)C1CCCN1)C(=O)NC(CCC(N)=O)C(=O)NC(CS)C(=O)O. The Hall–Kier alpha value is -2.34. The highest BCUT2D eigenvalue weighted by atomic mass is 32.1. The quantitative estimate of drug-likeness (QED) is 0.172. The average molecular weight is 446 g/mol. The fraction of sp³-hybridized carbons (Fsp3) is 0.722. The van der Waals surface area contributed by atoms with Gasteiger partial charge in [-0.15, -0.1) is 0 Å². The molecule has 0 aromatic heterocycles. The fourth-order valence-corrected chi connectivity index (χ4v) is 3.22. The summed E-state index contributed by atoms with van der Waals surface area (Å²) in [5, 5.41) is 19.6. The third-order valence-electron chi connectivity index (χ3n) is 4.73. The van der Waals surface area contributed by atoms with Crippen LogP contribution >= 0.6 is 12.6 Å². The minimum Gasteiger partial charge on any atom is -0.480 e. The molecule has 4 atom stereocenters. The summed E-state index contributed by atoms with van der Waals surface area (Å²) in [5.74, 6) is -4.09. The van der Waals surface area contributed by atoms with Crippen LogP contribution in [-0.4, -0.2) is 71.2 Å². The van der Waals surface area contributed by atoms with Crippen LogP contribution < -0.4 is 27.0 Å².